The Hall–Kier alpha value is -1.06. The van der Waals surface area contributed by atoms with Gasteiger partial charge in [-0.25, -0.2) is 4.79 Å². The first-order chi connectivity index (χ1) is 5.66. The number of nitrogens with zero attached hydrogens (tertiary/aromatic N) is 1. The molecule has 0 bridgehead atoms. The summed E-state index contributed by atoms with van der Waals surface area (Å²) in [4.78, 5) is 23.4. The molecule has 68 valence electrons. The largest absolute Gasteiger partial charge is 0.462 e. The summed E-state index contributed by atoms with van der Waals surface area (Å²) in [6.07, 6.45) is 3.14. The SMILES string of the molecule is COC(=O)C(=O)N(C)C1CCC1. The molecule has 1 rings (SSSR count). The Bertz CT molecular complexity index is 198. The molecule has 0 atom stereocenters. The maximum Gasteiger partial charge on any atom is 0.396 e. The summed E-state index contributed by atoms with van der Waals surface area (Å²) in [5, 5.41) is 0. The van der Waals surface area contributed by atoms with Crippen molar-refractivity contribution in [3.63, 3.8) is 0 Å². The third-order valence-corrected chi connectivity index (χ3v) is 2.30. The van der Waals surface area contributed by atoms with Crippen molar-refractivity contribution in [3.8, 4) is 0 Å². The van der Waals surface area contributed by atoms with Crippen molar-refractivity contribution < 1.29 is 14.3 Å². The van der Waals surface area contributed by atoms with Crippen LogP contribution in [0, 0.1) is 0 Å². The Morgan fingerprint density at radius 3 is 2.33 bits per heavy atom. The predicted molar refractivity (Wildman–Crippen MR) is 42.4 cm³/mol. The number of amides is 1. The van der Waals surface area contributed by atoms with Gasteiger partial charge < -0.3 is 9.64 Å². The fraction of sp³-hybridized carbons (Fsp3) is 0.750. The molecular formula is C8H13NO3. The highest BCUT2D eigenvalue weighted by atomic mass is 16.5. The number of esters is 1. The molecule has 1 aliphatic carbocycles. The lowest BCUT2D eigenvalue weighted by atomic mass is 9.92. The van der Waals surface area contributed by atoms with Crippen LogP contribution in [-0.4, -0.2) is 37.0 Å². The Kier molecular flexibility index (Phi) is 2.68. The van der Waals surface area contributed by atoms with E-state index in [9.17, 15) is 9.59 Å². The molecule has 0 aromatic heterocycles. The van der Waals surface area contributed by atoms with E-state index in [4.69, 9.17) is 0 Å². The number of carbonyl (C=O) groups is 2. The third-order valence-electron chi connectivity index (χ3n) is 2.30. The van der Waals surface area contributed by atoms with E-state index in [1.165, 1.54) is 12.0 Å². The molecule has 0 N–H and O–H groups in total. The second-order valence-corrected chi connectivity index (χ2v) is 2.99. The van der Waals surface area contributed by atoms with Crippen LogP contribution >= 0.6 is 0 Å². The van der Waals surface area contributed by atoms with Crippen LogP contribution in [-0.2, 0) is 14.3 Å². The van der Waals surface area contributed by atoms with Gasteiger partial charge in [-0.1, -0.05) is 0 Å². The number of hydrogen-bond donors (Lipinski definition) is 0. The molecule has 1 amide bonds. The van der Waals surface area contributed by atoms with Crippen molar-refractivity contribution in [2.24, 2.45) is 0 Å². The summed E-state index contributed by atoms with van der Waals surface area (Å²) in [5.74, 6) is -1.31. The van der Waals surface area contributed by atoms with Crippen LogP contribution in [0.1, 0.15) is 19.3 Å². The van der Waals surface area contributed by atoms with E-state index in [1.807, 2.05) is 0 Å². The van der Waals surface area contributed by atoms with Crippen LogP contribution in [0.5, 0.6) is 0 Å². The van der Waals surface area contributed by atoms with Gasteiger partial charge in [0.15, 0.2) is 0 Å². The van der Waals surface area contributed by atoms with Crippen LogP contribution in [0.3, 0.4) is 0 Å². The molecule has 0 aromatic rings. The highest BCUT2D eigenvalue weighted by Crippen LogP contribution is 2.23. The van der Waals surface area contributed by atoms with Gasteiger partial charge in [0.1, 0.15) is 0 Å². The standard InChI is InChI=1S/C8H13NO3/c1-9(6-4-3-5-6)7(10)8(11)12-2/h6H,3-5H2,1-2H3. The molecule has 4 nitrogen and oxygen atoms in total. The number of rotatable bonds is 1. The van der Waals surface area contributed by atoms with E-state index in [-0.39, 0.29) is 6.04 Å². The second kappa shape index (κ2) is 3.56. The number of likely N-dealkylation sites (N-methyl/N-ethyl adjacent to an activating group) is 1. The molecule has 1 fully saturated rings. The summed E-state index contributed by atoms with van der Waals surface area (Å²) in [6.45, 7) is 0. The fourth-order valence-electron chi connectivity index (χ4n) is 1.17. The summed E-state index contributed by atoms with van der Waals surface area (Å²) in [6, 6.07) is 0.247. The van der Waals surface area contributed by atoms with Crippen LogP contribution in [0.25, 0.3) is 0 Å². The van der Waals surface area contributed by atoms with Crippen LogP contribution < -0.4 is 0 Å². The van der Waals surface area contributed by atoms with Crippen LogP contribution in [0.2, 0.25) is 0 Å². The smallest absolute Gasteiger partial charge is 0.396 e. The topological polar surface area (TPSA) is 46.6 Å². The van der Waals surface area contributed by atoms with E-state index in [0.29, 0.717) is 0 Å². The van der Waals surface area contributed by atoms with Gasteiger partial charge in [-0.05, 0) is 19.3 Å². The van der Waals surface area contributed by atoms with Crippen molar-refractivity contribution in [1.82, 2.24) is 4.90 Å². The van der Waals surface area contributed by atoms with E-state index >= 15 is 0 Å². The second-order valence-electron chi connectivity index (χ2n) is 2.99. The first-order valence-corrected chi connectivity index (χ1v) is 4.02. The number of methoxy groups -OCH3 is 1. The maximum absolute atomic E-state index is 11.2. The predicted octanol–water partition coefficient (Wildman–Crippen LogP) is 0.170. The molecule has 4 heteroatoms. The maximum atomic E-state index is 11.2. The molecular weight excluding hydrogens is 158 g/mol. The van der Waals surface area contributed by atoms with Gasteiger partial charge in [0, 0.05) is 13.1 Å². The Morgan fingerprint density at radius 1 is 1.42 bits per heavy atom. The molecule has 0 unspecified atom stereocenters. The minimum atomic E-state index is -0.774. The van der Waals surface area contributed by atoms with E-state index in [0.717, 1.165) is 19.3 Å². The lowest BCUT2D eigenvalue weighted by Gasteiger charge is -2.33. The monoisotopic (exact) mass is 171 g/mol. The molecule has 0 radical (unpaired) electrons. The van der Waals surface area contributed by atoms with Crippen molar-refractivity contribution in [1.29, 1.82) is 0 Å². The first-order valence-electron chi connectivity index (χ1n) is 4.02. The molecule has 1 aliphatic rings. The van der Waals surface area contributed by atoms with E-state index in [1.54, 1.807) is 7.05 Å². The normalized spacial score (nSPS) is 16.5. The van der Waals surface area contributed by atoms with Crippen molar-refractivity contribution in [3.05, 3.63) is 0 Å². The third kappa shape index (κ3) is 1.57. The molecule has 12 heavy (non-hydrogen) atoms. The first kappa shape index (κ1) is 9.03. The molecule has 1 saturated carbocycles. The summed E-state index contributed by atoms with van der Waals surface area (Å²) in [7, 11) is 2.86. The quantitative estimate of drug-likeness (QED) is 0.417. The zero-order valence-corrected chi connectivity index (χ0v) is 7.37. The zero-order chi connectivity index (χ0) is 9.14. The Balaban J connectivity index is 2.45. The van der Waals surface area contributed by atoms with Gasteiger partial charge in [0.25, 0.3) is 0 Å². The number of ether oxygens (including phenoxy) is 1. The molecule has 0 aromatic carbocycles. The van der Waals surface area contributed by atoms with Crippen LogP contribution in [0.4, 0.5) is 0 Å². The van der Waals surface area contributed by atoms with E-state index < -0.39 is 11.9 Å². The van der Waals surface area contributed by atoms with Crippen molar-refractivity contribution in [2.45, 2.75) is 25.3 Å². The van der Waals surface area contributed by atoms with Gasteiger partial charge in [-0.15, -0.1) is 0 Å². The zero-order valence-electron chi connectivity index (χ0n) is 7.37. The molecule has 0 aliphatic heterocycles. The van der Waals surface area contributed by atoms with Gasteiger partial charge in [0.2, 0.25) is 0 Å². The lowest BCUT2D eigenvalue weighted by molar-refractivity contribution is -0.159. The summed E-state index contributed by atoms with van der Waals surface area (Å²) < 4.78 is 4.32. The summed E-state index contributed by atoms with van der Waals surface area (Å²) in [5.41, 5.74) is 0. The average Bonchev–Trinajstić information content (AvgIpc) is 1.98. The number of carbonyl (C=O) groups excluding carboxylic acids is 2. The average molecular weight is 171 g/mol. The van der Waals surface area contributed by atoms with Gasteiger partial charge in [0.05, 0.1) is 7.11 Å². The number of hydrogen-bond acceptors (Lipinski definition) is 3. The molecule has 0 spiro atoms. The Morgan fingerprint density at radius 2 is 2.00 bits per heavy atom. The van der Waals surface area contributed by atoms with Gasteiger partial charge in [-0.2, -0.15) is 0 Å². The minimum absolute atomic E-state index is 0.247. The molecule has 0 heterocycles. The van der Waals surface area contributed by atoms with Gasteiger partial charge >= 0.3 is 11.9 Å². The van der Waals surface area contributed by atoms with Crippen molar-refractivity contribution >= 4 is 11.9 Å². The van der Waals surface area contributed by atoms with E-state index in [2.05, 4.69) is 4.74 Å². The summed E-state index contributed by atoms with van der Waals surface area (Å²) >= 11 is 0. The fourth-order valence-corrected chi connectivity index (χ4v) is 1.17. The highest BCUT2D eigenvalue weighted by Gasteiger charge is 2.29. The van der Waals surface area contributed by atoms with Crippen molar-refractivity contribution in [2.75, 3.05) is 14.2 Å². The van der Waals surface area contributed by atoms with Gasteiger partial charge in [-0.3, -0.25) is 4.79 Å². The molecule has 0 saturated heterocycles. The Labute approximate surface area is 71.5 Å². The minimum Gasteiger partial charge on any atom is -0.462 e. The highest BCUT2D eigenvalue weighted by molar-refractivity contribution is 6.32. The van der Waals surface area contributed by atoms with Crippen LogP contribution in [0.15, 0.2) is 0 Å². The lowest BCUT2D eigenvalue weighted by Crippen LogP contribution is -2.44.